The zero-order valence-corrected chi connectivity index (χ0v) is 12.1. The molecule has 1 rings (SSSR count). The lowest BCUT2D eigenvalue weighted by Gasteiger charge is -2.37. The van der Waals surface area contributed by atoms with Crippen molar-refractivity contribution in [2.24, 2.45) is 11.3 Å². The van der Waals surface area contributed by atoms with Gasteiger partial charge in [0.15, 0.2) is 0 Å². The van der Waals surface area contributed by atoms with E-state index in [1.165, 1.54) is 38.5 Å². The second-order valence-electron chi connectivity index (χ2n) is 6.14. The third-order valence-electron chi connectivity index (χ3n) is 3.77. The topological polar surface area (TPSA) is 21.3 Å². The van der Waals surface area contributed by atoms with Gasteiger partial charge in [0, 0.05) is 18.6 Å². The highest BCUT2D eigenvalue weighted by molar-refractivity contribution is 4.84. The highest BCUT2D eigenvalue weighted by Crippen LogP contribution is 2.33. The van der Waals surface area contributed by atoms with Gasteiger partial charge >= 0.3 is 0 Å². The molecule has 2 heteroatoms. The quantitative estimate of drug-likeness (QED) is 0.656. The second kappa shape index (κ2) is 8.10. The average molecular weight is 241 g/mol. The summed E-state index contributed by atoms with van der Waals surface area (Å²) in [6.45, 7) is 11.1. The van der Waals surface area contributed by atoms with Crippen LogP contribution in [0.15, 0.2) is 0 Å². The Morgan fingerprint density at radius 3 is 2.71 bits per heavy atom. The van der Waals surface area contributed by atoms with Crippen LogP contribution in [0.25, 0.3) is 0 Å². The van der Waals surface area contributed by atoms with Crippen molar-refractivity contribution in [3.8, 4) is 0 Å². The summed E-state index contributed by atoms with van der Waals surface area (Å²) in [6.07, 6.45) is 7.98. The largest absolute Gasteiger partial charge is 0.381 e. The Kier molecular flexibility index (Phi) is 7.14. The van der Waals surface area contributed by atoms with Crippen LogP contribution in [0.1, 0.15) is 59.3 Å². The van der Waals surface area contributed by atoms with Crippen molar-refractivity contribution < 1.29 is 4.74 Å². The number of hydrogen-bond acceptors (Lipinski definition) is 2. The number of nitrogens with one attached hydrogen (secondary N) is 1. The van der Waals surface area contributed by atoms with Crippen LogP contribution in [0.5, 0.6) is 0 Å². The zero-order chi connectivity index (χ0) is 12.6. The van der Waals surface area contributed by atoms with Gasteiger partial charge in [-0.05, 0) is 31.7 Å². The number of rotatable bonds is 8. The van der Waals surface area contributed by atoms with Gasteiger partial charge in [0.2, 0.25) is 0 Å². The minimum absolute atomic E-state index is 0.433. The Bertz CT molecular complexity index is 185. The summed E-state index contributed by atoms with van der Waals surface area (Å²) in [6, 6.07) is 0. The van der Waals surface area contributed by atoms with E-state index in [9.17, 15) is 0 Å². The van der Waals surface area contributed by atoms with Gasteiger partial charge in [-0.2, -0.15) is 0 Å². The second-order valence-corrected chi connectivity index (χ2v) is 6.14. The fraction of sp³-hybridized carbons (Fsp3) is 1.00. The first-order valence-electron chi connectivity index (χ1n) is 7.47. The molecular formula is C15H31NO. The van der Waals surface area contributed by atoms with Crippen molar-refractivity contribution >= 4 is 0 Å². The SMILES string of the molecule is CCCCCC1(CNCC(C)C)CCCOC1. The Morgan fingerprint density at radius 1 is 1.29 bits per heavy atom. The van der Waals surface area contributed by atoms with E-state index >= 15 is 0 Å². The summed E-state index contributed by atoms with van der Waals surface area (Å²) in [5, 5.41) is 3.64. The molecule has 0 saturated carbocycles. The number of unbranched alkanes of at least 4 members (excludes halogenated alkanes) is 2. The molecule has 0 amide bonds. The molecule has 1 aliphatic heterocycles. The minimum Gasteiger partial charge on any atom is -0.381 e. The molecule has 102 valence electrons. The van der Waals surface area contributed by atoms with Crippen LogP contribution in [-0.4, -0.2) is 26.3 Å². The highest BCUT2D eigenvalue weighted by atomic mass is 16.5. The maximum atomic E-state index is 5.73. The van der Waals surface area contributed by atoms with Crippen molar-refractivity contribution in [1.29, 1.82) is 0 Å². The summed E-state index contributed by atoms with van der Waals surface area (Å²) < 4.78 is 5.73. The monoisotopic (exact) mass is 241 g/mol. The molecule has 1 saturated heterocycles. The molecule has 17 heavy (non-hydrogen) atoms. The van der Waals surface area contributed by atoms with E-state index in [1.807, 2.05) is 0 Å². The summed E-state index contributed by atoms with van der Waals surface area (Å²) in [5.41, 5.74) is 0.433. The van der Waals surface area contributed by atoms with E-state index in [0.29, 0.717) is 5.41 Å². The lowest BCUT2D eigenvalue weighted by atomic mass is 9.78. The predicted octanol–water partition coefficient (Wildman–Crippen LogP) is 3.61. The van der Waals surface area contributed by atoms with E-state index in [-0.39, 0.29) is 0 Å². The molecule has 0 aliphatic carbocycles. The predicted molar refractivity (Wildman–Crippen MR) is 74.3 cm³/mol. The van der Waals surface area contributed by atoms with E-state index in [2.05, 4.69) is 26.1 Å². The first-order chi connectivity index (χ1) is 8.18. The van der Waals surface area contributed by atoms with E-state index < -0.39 is 0 Å². The van der Waals surface area contributed by atoms with Crippen LogP contribution in [0, 0.1) is 11.3 Å². The summed E-state index contributed by atoms with van der Waals surface area (Å²) >= 11 is 0. The normalized spacial score (nSPS) is 25.4. The van der Waals surface area contributed by atoms with Gasteiger partial charge in [0.25, 0.3) is 0 Å². The molecule has 1 aliphatic rings. The summed E-state index contributed by atoms with van der Waals surface area (Å²) in [5.74, 6) is 0.743. The standard InChI is InChI=1S/C15H31NO/c1-4-5-6-8-15(9-7-10-17-13-15)12-16-11-14(2)3/h14,16H,4-13H2,1-3H3. The smallest absolute Gasteiger partial charge is 0.0534 e. The highest BCUT2D eigenvalue weighted by Gasteiger charge is 2.31. The Labute approximate surface area is 108 Å². The van der Waals surface area contributed by atoms with Crippen LogP contribution in [0.4, 0.5) is 0 Å². The van der Waals surface area contributed by atoms with Gasteiger partial charge in [-0.1, -0.05) is 40.0 Å². The fourth-order valence-electron chi connectivity index (χ4n) is 2.71. The van der Waals surface area contributed by atoms with Gasteiger partial charge in [0.05, 0.1) is 6.61 Å². The molecule has 1 atom stereocenters. The average Bonchev–Trinajstić information content (AvgIpc) is 2.30. The first kappa shape index (κ1) is 15.0. The Morgan fingerprint density at radius 2 is 2.12 bits per heavy atom. The molecule has 1 unspecified atom stereocenters. The first-order valence-corrected chi connectivity index (χ1v) is 7.47. The zero-order valence-electron chi connectivity index (χ0n) is 12.1. The molecular weight excluding hydrogens is 210 g/mol. The Hall–Kier alpha value is -0.0800. The van der Waals surface area contributed by atoms with Crippen LogP contribution in [0.3, 0.4) is 0 Å². The van der Waals surface area contributed by atoms with E-state index in [4.69, 9.17) is 4.74 Å². The van der Waals surface area contributed by atoms with Crippen LogP contribution >= 0.6 is 0 Å². The molecule has 0 aromatic rings. The number of ether oxygens (including phenoxy) is 1. The van der Waals surface area contributed by atoms with Gasteiger partial charge in [0.1, 0.15) is 0 Å². The maximum absolute atomic E-state index is 5.73. The maximum Gasteiger partial charge on any atom is 0.0534 e. The molecule has 0 aromatic heterocycles. The van der Waals surface area contributed by atoms with Crippen molar-refractivity contribution in [2.45, 2.75) is 59.3 Å². The molecule has 0 radical (unpaired) electrons. The van der Waals surface area contributed by atoms with Crippen molar-refractivity contribution in [3.63, 3.8) is 0 Å². The van der Waals surface area contributed by atoms with Gasteiger partial charge < -0.3 is 10.1 Å². The summed E-state index contributed by atoms with van der Waals surface area (Å²) in [4.78, 5) is 0. The summed E-state index contributed by atoms with van der Waals surface area (Å²) in [7, 11) is 0. The van der Waals surface area contributed by atoms with Crippen LogP contribution in [0.2, 0.25) is 0 Å². The number of hydrogen-bond donors (Lipinski definition) is 1. The van der Waals surface area contributed by atoms with Gasteiger partial charge in [-0.3, -0.25) is 0 Å². The Balaban J connectivity index is 2.34. The molecule has 1 N–H and O–H groups in total. The lowest BCUT2D eigenvalue weighted by molar-refractivity contribution is -0.0135. The molecule has 0 aromatic carbocycles. The van der Waals surface area contributed by atoms with Crippen molar-refractivity contribution in [2.75, 3.05) is 26.3 Å². The molecule has 2 nitrogen and oxygen atoms in total. The van der Waals surface area contributed by atoms with Crippen LogP contribution < -0.4 is 5.32 Å². The minimum atomic E-state index is 0.433. The van der Waals surface area contributed by atoms with Gasteiger partial charge in [-0.15, -0.1) is 0 Å². The molecule has 0 spiro atoms. The lowest BCUT2D eigenvalue weighted by Crippen LogP contribution is -2.42. The molecule has 1 heterocycles. The van der Waals surface area contributed by atoms with Crippen LogP contribution in [-0.2, 0) is 4.74 Å². The fourth-order valence-corrected chi connectivity index (χ4v) is 2.71. The molecule has 0 bridgehead atoms. The van der Waals surface area contributed by atoms with E-state index in [0.717, 1.165) is 32.2 Å². The van der Waals surface area contributed by atoms with E-state index in [1.54, 1.807) is 0 Å². The third-order valence-corrected chi connectivity index (χ3v) is 3.77. The van der Waals surface area contributed by atoms with Crippen molar-refractivity contribution in [3.05, 3.63) is 0 Å². The third kappa shape index (κ3) is 5.87. The van der Waals surface area contributed by atoms with Crippen molar-refractivity contribution in [1.82, 2.24) is 5.32 Å². The van der Waals surface area contributed by atoms with Gasteiger partial charge in [-0.25, -0.2) is 0 Å². The molecule has 1 fully saturated rings.